The molecular weight excluding hydrogens is 556 g/mol. The summed E-state index contributed by atoms with van der Waals surface area (Å²) in [6.07, 6.45) is 8.58. The number of hydrogen-bond acceptors (Lipinski definition) is 6. The van der Waals surface area contributed by atoms with Crippen LogP contribution in [0.5, 0.6) is 5.75 Å². The number of ether oxygens (including phenoxy) is 1. The molecule has 9 heteroatoms. The summed E-state index contributed by atoms with van der Waals surface area (Å²) in [6.45, 7) is 5.57. The largest absolute Gasteiger partial charge is 0.483 e. The fourth-order valence-corrected chi connectivity index (χ4v) is 7.09. The number of nitrogens with two attached hydrogens (primary N) is 1. The first-order valence-corrected chi connectivity index (χ1v) is 15.9. The summed E-state index contributed by atoms with van der Waals surface area (Å²) in [5, 5.41) is 4.58. The lowest BCUT2D eigenvalue weighted by molar-refractivity contribution is -0.120. The topological polar surface area (TPSA) is 97.6 Å². The minimum atomic E-state index is -0.430. The maximum absolute atomic E-state index is 12.8. The molecule has 0 saturated carbocycles. The number of fused-ring (bicyclic) bond motifs is 1. The Kier molecular flexibility index (Phi) is 9.96. The molecule has 5 rings (SSSR count). The van der Waals surface area contributed by atoms with Crippen LogP contribution in [0.2, 0.25) is 5.02 Å². The molecule has 0 atom stereocenters. The number of aromatic nitrogens is 1. The van der Waals surface area contributed by atoms with Gasteiger partial charge in [0.05, 0.1) is 5.69 Å². The number of amides is 2. The van der Waals surface area contributed by atoms with Crippen molar-refractivity contribution in [3.63, 3.8) is 0 Å². The summed E-state index contributed by atoms with van der Waals surface area (Å²) < 4.78 is 6.02. The Balaban J connectivity index is 1.07. The van der Waals surface area contributed by atoms with Crippen molar-refractivity contribution < 1.29 is 14.3 Å². The lowest BCUT2D eigenvalue weighted by Gasteiger charge is -2.34. The molecule has 2 amide bonds. The molecule has 0 radical (unpaired) electrons. The third-order valence-electron chi connectivity index (χ3n) is 8.18. The fourth-order valence-electron chi connectivity index (χ4n) is 5.98. The highest BCUT2D eigenvalue weighted by Crippen LogP contribution is 2.40. The Morgan fingerprint density at radius 2 is 1.85 bits per heavy atom. The van der Waals surface area contributed by atoms with Crippen LogP contribution in [0.3, 0.4) is 0 Å². The summed E-state index contributed by atoms with van der Waals surface area (Å²) in [4.78, 5) is 32.0. The summed E-state index contributed by atoms with van der Waals surface area (Å²) in [7, 11) is 0. The van der Waals surface area contributed by atoms with Gasteiger partial charge in [0.1, 0.15) is 15.6 Å². The molecule has 1 saturated heterocycles. The predicted octanol–water partition coefficient (Wildman–Crippen LogP) is 5.90. The molecule has 1 aromatic heterocycles. The number of rotatable bonds is 11. The van der Waals surface area contributed by atoms with Gasteiger partial charge in [-0.3, -0.25) is 9.59 Å². The number of nitrogens with one attached hydrogen (secondary N) is 1. The second kappa shape index (κ2) is 13.8. The van der Waals surface area contributed by atoms with Gasteiger partial charge in [0, 0.05) is 17.1 Å². The third kappa shape index (κ3) is 7.48. The SMILES string of the molecule is Cc1nc(-c2ccc(Cl)cc2)sc1C(=O)NCCCCN1CCC(c2ccc3c(c2OCC(N)=O)CCCC3)CC1. The molecule has 2 aliphatic rings. The van der Waals surface area contributed by atoms with E-state index in [2.05, 4.69) is 27.3 Å². The Hall–Kier alpha value is -2.94. The summed E-state index contributed by atoms with van der Waals surface area (Å²) >= 11 is 7.41. The number of carbonyl (C=O) groups excluding carboxylic acids is 2. The third-order valence-corrected chi connectivity index (χ3v) is 9.63. The zero-order chi connectivity index (χ0) is 28.8. The maximum atomic E-state index is 12.8. The molecule has 1 aliphatic heterocycles. The Bertz CT molecular complexity index is 1370. The van der Waals surface area contributed by atoms with Gasteiger partial charge in [0.15, 0.2) is 6.61 Å². The van der Waals surface area contributed by atoms with Crippen molar-refractivity contribution in [2.45, 2.75) is 64.2 Å². The first kappa shape index (κ1) is 29.5. The molecule has 1 fully saturated rings. The Labute approximate surface area is 251 Å². The molecular formula is C32H39ClN4O3S. The highest BCUT2D eigenvalue weighted by Gasteiger charge is 2.26. The van der Waals surface area contributed by atoms with E-state index in [0.29, 0.717) is 22.4 Å². The average Bonchev–Trinajstić information content (AvgIpc) is 3.37. The van der Waals surface area contributed by atoms with E-state index in [1.165, 1.54) is 34.4 Å². The van der Waals surface area contributed by atoms with Gasteiger partial charge in [-0.2, -0.15) is 0 Å². The van der Waals surface area contributed by atoms with Crippen molar-refractivity contribution in [3.8, 4) is 16.3 Å². The van der Waals surface area contributed by atoms with Gasteiger partial charge in [-0.1, -0.05) is 35.9 Å². The highest BCUT2D eigenvalue weighted by molar-refractivity contribution is 7.17. The van der Waals surface area contributed by atoms with Gasteiger partial charge in [-0.25, -0.2) is 4.98 Å². The minimum Gasteiger partial charge on any atom is -0.483 e. The molecule has 0 spiro atoms. The van der Waals surface area contributed by atoms with E-state index < -0.39 is 5.91 Å². The van der Waals surface area contributed by atoms with Gasteiger partial charge >= 0.3 is 0 Å². The number of primary amides is 1. The molecule has 2 heterocycles. The van der Waals surface area contributed by atoms with Crippen LogP contribution in [0, 0.1) is 6.92 Å². The van der Waals surface area contributed by atoms with E-state index in [9.17, 15) is 9.59 Å². The van der Waals surface area contributed by atoms with Gasteiger partial charge in [-0.05, 0) is 113 Å². The molecule has 7 nitrogen and oxygen atoms in total. The summed E-state index contributed by atoms with van der Waals surface area (Å²) in [6, 6.07) is 12.0. The number of aryl methyl sites for hydroxylation is 2. The summed E-state index contributed by atoms with van der Waals surface area (Å²) in [5.41, 5.74) is 11.0. The number of nitrogens with zero attached hydrogens (tertiary/aromatic N) is 2. The first-order valence-electron chi connectivity index (χ1n) is 14.7. The van der Waals surface area contributed by atoms with Gasteiger partial charge in [0.2, 0.25) is 0 Å². The van der Waals surface area contributed by atoms with Crippen molar-refractivity contribution in [2.24, 2.45) is 5.73 Å². The lowest BCUT2D eigenvalue weighted by Crippen LogP contribution is -2.34. The number of halogens is 1. The van der Waals surface area contributed by atoms with Crippen molar-refractivity contribution in [1.82, 2.24) is 15.2 Å². The number of hydrogen-bond donors (Lipinski definition) is 2. The van der Waals surface area contributed by atoms with E-state index >= 15 is 0 Å². The van der Waals surface area contributed by atoms with Crippen LogP contribution >= 0.6 is 22.9 Å². The van der Waals surface area contributed by atoms with Crippen LogP contribution in [0.4, 0.5) is 0 Å². The van der Waals surface area contributed by atoms with Crippen LogP contribution in [-0.2, 0) is 17.6 Å². The van der Waals surface area contributed by atoms with Gasteiger partial charge < -0.3 is 20.7 Å². The van der Waals surface area contributed by atoms with Crippen LogP contribution in [0.25, 0.3) is 10.6 Å². The van der Waals surface area contributed by atoms with Crippen molar-refractivity contribution in [3.05, 3.63) is 68.7 Å². The normalized spacial score (nSPS) is 15.9. The van der Waals surface area contributed by atoms with Gasteiger partial charge in [-0.15, -0.1) is 11.3 Å². The molecule has 2 aromatic carbocycles. The highest BCUT2D eigenvalue weighted by atomic mass is 35.5. The molecule has 1 aliphatic carbocycles. The van der Waals surface area contributed by atoms with E-state index in [4.69, 9.17) is 22.1 Å². The first-order chi connectivity index (χ1) is 19.9. The molecule has 0 unspecified atom stereocenters. The summed E-state index contributed by atoms with van der Waals surface area (Å²) in [5.74, 6) is 0.869. The number of thiazole rings is 1. The quantitative estimate of drug-likeness (QED) is 0.269. The van der Waals surface area contributed by atoms with Crippen molar-refractivity contribution in [1.29, 1.82) is 0 Å². The lowest BCUT2D eigenvalue weighted by atomic mass is 9.83. The standard InChI is InChI=1S/C32H39ClN4O3S/c1-21-30(41-32(36-21)24-8-11-25(33)12-9-24)31(39)35-16-4-5-17-37-18-14-23(15-19-37)27-13-10-22-6-2-3-7-26(22)29(27)40-20-28(34)38/h8-13,23H,2-7,14-20H2,1H3,(H2,34,38)(H,35,39). The second-order valence-electron chi connectivity index (χ2n) is 11.1. The number of benzene rings is 2. The van der Waals surface area contributed by atoms with Crippen LogP contribution in [0.1, 0.15) is 76.5 Å². The predicted molar refractivity (Wildman–Crippen MR) is 165 cm³/mol. The van der Waals surface area contributed by atoms with E-state index in [0.717, 1.165) is 86.6 Å². The zero-order valence-corrected chi connectivity index (χ0v) is 25.3. The number of carbonyl (C=O) groups is 2. The zero-order valence-electron chi connectivity index (χ0n) is 23.7. The molecule has 41 heavy (non-hydrogen) atoms. The van der Waals surface area contributed by atoms with E-state index in [1.807, 2.05) is 31.2 Å². The number of unbranched alkanes of at least 4 members (excludes halogenated alkanes) is 1. The number of likely N-dealkylation sites (tertiary alicyclic amines) is 1. The van der Waals surface area contributed by atoms with E-state index in [1.54, 1.807) is 0 Å². The number of piperidine rings is 1. The molecule has 0 bridgehead atoms. The maximum Gasteiger partial charge on any atom is 0.263 e. The smallest absolute Gasteiger partial charge is 0.263 e. The average molecular weight is 595 g/mol. The van der Waals surface area contributed by atoms with Crippen LogP contribution in [-0.4, -0.2) is 54.5 Å². The Morgan fingerprint density at radius 1 is 1.10 bits per heavy atom. The minimum absolute atomic E-state index is 0.0552. The fraction of sp³-hybridized carbons (Fsp3) is 0.469. The van der Waals surface area contributed by atoms with Crippen molar-refractivity contribution >= 4 is 34.8 Å². The second-order valence-corrected chi connectivity index (χ2v) is 12.5. The molecule has 218 valence electrons. The van der Waals surface area contributed by atoms with Crippen LogP contribution in [0.15, 0.2) is 36.4 Å². The Morgan fingerprint density at radius 3 is 2.61 bits per heavy atom. The van der Waals surface area contributed by atoms with E-state index in [-0.39, 0.29) is 12.5 Å². The van der Waals surface area contributed by atoms with Crippen LogP contribution < -0.4 is 15.8 Å². The van der Waals surface area contributed by atoms with Crippen molar-refractivity contribution in [2.75, 3.05) is 32.8 Å². The monoisotopic (exact) mass is 594 g/mol. The molecule has 3 aromatic rings. The van der Waals surface area contributed by atoms with Gasteiger partial charge in [0.25, 0.3) is 11.8 Å². The molecule has 3 N–H and O–H groups in total.